The summed E-state index contributed by atoms with van der Waals surface area (Å²) in [5, 5.41) is 9.02. The monoisotopic (exact) mass is 211 g/mol. The smallest absolute Gasteiger partial charge is 0.412 e. The third-order valence-electron chi connectivity index (χ3n) is 2.14. The van der Waals surface area contributed by atoms with Crippen LogP contribution in [-0.2, 0) is 0 Å². The molecule has 1 aromatic carbocycles. The topological polar surface area (TPSA) is 40.5 Å². The van der Waals surface area contributed by atoms with Crippen LogP contribution in [0.3, 0.4) is 0 Å². The lowest BCUT2D eigenvalue weighted by molar-refractivity contribution is 0.200. The Morgan fingerprint density at radius 2 is 2.07 bits per heavy atom. The van der Waals surface area contributed by atoms with Crippen LogP contribution in [0.2, 0.25) is 0 Å². The largest absolute Gasteiger partial charge is 0.465 e. The first kappa shape index (κ1) is 11.5. The van der Waals surface area contributed by atoms with Crippen molar-refractivity contribution in [3.8, 4) is 0 Å². The number of carboxylic acid groups (broad SMARTS) is 1. The fraction of sp³-hybridized carbons (Fsp3) is 0.364. The second-order valence-electron chi connectivity index (χ2n) is 3.68. The number of nitrogens with zero attached hydrogens (tertiary/aromatic N) is 1. The summed E-state index contributed by atoms with van der Waals surface area (Å²) >= 11 is 0. The molecule has 0 saturated carbocycles. The minimum Gasteiger partial charge on any atom is -0.465 e. The van der Waals surface area contributed by atoms with Crippen LogP contribution in [0.4, 0.5) is 14.9 Å². The van der Waals surface area contributed by atoms with E-state index < -0.39 is 6.09 Å². The van der Waals surface area contributed by atoms with E-state index in [1.807, 2.05) is 0 Å². The number of benzene rings is 1. The van der Waals surface area contributed by atoms with E-state index in [9.17, 15) is 9.18 Å². The number of carbonyl (C=O) groups is 1. The molecule has 15 heavy (non-hydrogen) atoms. The molecule has 0 aliphatic heterocycles. The number of halogens is 1. The number of hydrogen-bond donors (Lipinski definition) is 1. The Labute approximate surface area is 88.1 Å². The molecule has 0 aliphatic carbocycles. The van der Waals surface area contributed by atoms with E-state index in [0.29, 0.717) is 11.3 Å². The zero-order valence-electron chi connectivity index (χ0n) is 8.99. The van der Waals surface area contributed by atoms with E-state index in [4.69, 9.17) is 5.11 Å². The Hall–Kier alpha value is -1.58. The molecule has 0 heterocycles. The van der Waals surface area contributed by atoms with Gasteiger partial charge in [-0.05, 0) is 44.5 Å². The first-order valence-electron chi connectivity index (χ1n) is 4.71. The molecular weight excluding hydrogens is 197 g/mol. The average molecular weight is 211 g/mol. The van der Waals surface area contributed by atoms with Crippen molar-refractivity contribution >= 4 is 11.8 Å². The predicted molar refractivity (Wildman–Crippen MR) is 56.8 cm³/mol. The highest BCUT2D eigenvalue weighted by Crippen LogP contribution is 2.22. The summed E-state index contributed by atoms with van der Waals surface area (Å²) in [7, 11) is 0. The molecular formula is C11H14FNO2. The van der Waals surface area contributed by atoms with E-state index in [0.717, 1.165) is 0 Å². The van der Waals surface area contributed by atoms with Crippen molar-refractivity contribution in [2.24, 2.45) is 0 Å². The molecule has 1 rings (SSSR count). The molecule has 82 valence electrons. The van der Waals surface area contributed by atoms with Gasteiger partial charge in [0.1, 0.15) is 5.82 Å². The van der Waals surface area contributed by atoms with E-state index in [1.165, 1.54) is 23.1 Å². The fourth-order valence-electron chi connectivity index (χ4n) is 1.49. The molecule has 1 amide bonds. The van der Waals surface area contributed by atoms with Gasteiger partial charge >= 0.3 is 6.09 Å². The lowest BCUT2D eigenvalue weighted by atomic mass is 10.1. The summed E-state index contributed by atoms with van der Waals surface area (Å²) in [5.74, 6) is -0.356. The molecule has 0 saturated heterocycles. The van der Waals surface area contributed by atoms with Gasteiger partial charge in [-0.1, -0.05) is 0 Å². The van der Waals surface area contributed by atoms with Crippen LogP contribution in [0.1, 0.15) is 19.4 Å². The van der Waals surface area contributed by atoms with Crippen LogP contribution in [0, 0.1) is 12.7 Å². The third kappa shape index (κ3) is 2.46. The SMILES string of the molecule is Cc1cc(F)ccc1N(C(=O)O)C(C)C. The van der Waals surface area contributed by atoms with Gasteiger partial charge in [0.2, 0.25) is 0 Å². The molecule has 3 nitrogen and oxygen atoms in total. The van der Waals surface area contributed by atoms with Crippen molar-refractivity contribution in [1.82, 2.24) is 0 Å². The summed E-state index contributed by atoms with van der Waals surface area (Å²) in [5.41, 5.74) is 1.14. The van der Waals surface area contributed by atoms with Gasteiger partial charge in [-0.15, -0.1) is 0 Å². The van der Waals surface area contributed by atoms with Crippen molar-refractivity contribution in [3.05, 3.63) is 29.6 Å². The zero-order chi connectivity index (χ0) is 11.6. The molecule has 0 aromatic heterocycles. The second-order valence-corrected chi connectivity index (χ2v) is 3.68. The highest BCUT2D eigenvalue weighted by molar-refractivity contribution is 5.87. The lowest BCUT2D eigenvalue weighted by Gasteiger charge is -2.25. The Kier molecular flexibility index (Phi) is 3.29. The van der Waals surface area contributed by atoms with Gasteiger partial charge in [0.25, 0.3) is 0 Å². The zero-order valence-corrected chi connectivity index (χ0v) is 8.99. The van der Waals surface area contributed by atoms with Crippen LogP contribution < -0.4 is 4.90 Å². The van der Waals surface area contributed by atoms with E-state index >= 15 is 0 Å². The quantitative estimate of drug-likeness (QED) is 0.816. The van der Waals surface area contributed by atoms with Gasteiger partial charge in [0.15, 0.2) is 0 Å². The minimum absolute atomic E-state index is 0.174. The Bertz CT molecular complexity index is 377. The van der Waals surface area contributed by atoms with E-state index in [1.54, 1.807) is 20.8 Å². The normalized spacial score (nSPS) is 10.5. The Morgan fingerprint density at radius 3 is 2.47 bits per heavy atom. The van der Waals surface area contributed by atoms with Gasteiger partial charge in [-0.2, -0.15) is 0 Å². The first-order valence-corrected chi connectivity index (χ1v) is 4.71. The maximum Gasteiger partial charge on any atom is 0.412 e. The molecule has 0 fully saturated rings. The highest BCUT2D eigenvalue weighted by Gasteiger charge is 2.19. The van der Waals surface area contributed by atoms with Crippen molar-refractivity contribution in [2.75, 3.05) is 4.90 Å². The highest BCUT2D eigenvalue weighted by atomic mass is 19.1. The molecule has 0 bridgehead atoms. The summed E-state index contributed by atoms with van der Waals surface area (Å²) in [6.07, 6.45) is -1.03. The molecule has 4 heteroatoms. The van der Waals surface area contributed by atoms with Crippen LogP contribution in [0.5, 0.6) is 0 Å². The van der Waals surface area contributed by atoms with Crippen molar-refractivity contribution < 1.29 is 14.3 Å². The van der Waals surface area contributed by atoms with Crippen molar-refractivity contribution in [1.29, 1.82) is 0 Å². The standard InChI is InChI=1S/C11H14FNO2/c1-7(2)13(11(14)15)10-5-4-9(12)6-8(10)3/h4-7H,1-3H3,(H,14,15). The molecule has 1 N–H and O–H groups in total. The first-order chi connectivity index (χ1) is 6.93. The molecule has 0 radical (unpaired) electrons. The van der Waals surface area contributed by atoms with E-state index in [-0.39, 0.29) is 11.9 Å². The predicted octanol–water partition coefficient (Wildman–Crippen LogP) is 3.03. The summed E-state index contributed by atoms with van der Waals surface area (Å²) in [6, 6.07) is 3.90. The van der Waals surface area contributed by atoms with Crippen LogP contribution >= 0.6 is 0 Å². The second kappa shape index (κ2) is 4.29. The van der Waals surface area contributed by atoms with Gasteiger partial charge in [0, 0.05) is 6.04 Å². The number of rotatable bonds is 2. The molecule has 0 atom stereocenters. The molecule has 1 aromatic rings. The van der Waals surface area contributed by atoms with Crippen LogP contribution in [0.25, 0.3) is 0 Å². The number of hydrogen-bond acceptors (Lipinski definition) is 1. The maximum absolute atomic E-state index is 12.8. The number of anilines is 1. The van der Waals surface area contributed by atoms with Crippen LogP contribution in [0.15, 0.2) is 18.2 Å². The average Bonchev–Trinajstić information content (AvgIpc) is 2.08. The molecule has 0 spiro atoms. The Morgan fingerprint density at radius 1 is 1.47 bits per heavy atom. The minimum atomic E-state index is -1.03. The maximum atomic E-state index is 12.8. The lowest BCUT2D eigenvalue weighted by Crippen LogP contribution is -2.36. The fourth-order valence-corrected chi connectivity index (χ4v) is 1.49. The summed E-state index contributed by atoms with van der Waals surface area (Å²) < 4.78 is 12.8. The van der Waals surface area contributed by atoms with Crippen molar-refractivity contribution in [2.45, 2.75) is 26.8 Å². The number of aryl methyl sites for hydroxylation is 1. The third-order valence-corrected chi connectivity index (χ3v) is 2.14. The van der Waals surface area contributed by atoms with Gasteiger partial charge in [-0.25, -0.2) is 9.18 Å². The summed E-state index contributed by atoms with van der Waals surface area (Å²) in [6.45, 7) is 5.24. The van der Waals surface area contributed by atoms with Gasteiger partial charge in [-0.3, -0.25) is 4.90 Å². The van der Waals surface area contributed by atoms with Gasteiger partial charge in [0.05, 0.1) is 5.69 Å². The Balaban J connectivity index is 3.17. The molecule has 0 aliphatic rings. The van der Waals surface area contributed by atoms with Crippen molar-refractivity contribution in [3.63, 3.8) is 0 Å². The van der Waals surface area contributed by atoms with E-state index in [2.05, 4.69) is 0 Å². The summed E-state index contributed by atoms with van der Waals surface area (Å²) in [4.78, 5) is 12.2. The number of amides is 1. The van der Waals surface area contributed by atoms with Gasteiger partial charge < -0.3 is 5.11 Å². The molecule has 0 unspecified atom stereocenters. The van der Waals surface area contributed by atoms with Crippen LogP contribution in [-0.4, -0.2) is 17.2 Å².